The van der Waals surface area contributed by atoms with Crippen molar-refractivity contribution in [2.45, 2.75) is 26.4 Å². The van der Waals surface area contributed by atoms with Gasteiger partial charge in [0.15, 0.2) is 5.82 Å². The number of hydrogen-bond acceptors (Lipinski definition) is 5. The van der Waals surface area contributed by atoms with Crippen LogP contribution in [0.15, 0.2) is 55.0 Å². The average molecular weight is 391 g/mol. The Bertz CT molecular complexity index is 1130. The normalized spacial score (nSPS) is 11.2. The second kappa shape index (κ2) is 8.26. The fourth-order valence-corrected chi connectivity index (χ4v) is 3.14. The van der Waals surface area contributed by atoms with E-state index in [0.29, 0.717) is 29.6 Å². The highest BCUT2D eigenvalue weighted by atomic mass is 19.1. The summed E-state index contributed by atoms with van der Waals surface area (Å²) < 4.78 is 19.3. The molecule has 1 aromatic carbocycles. The molecule has 0 amide bonds. The second-order valence-corrected chi connectivity index (χ2v) is 7.01. The Balaban J connectivity index is 1.54. The summed E-state index contributed by atoms with van der Waals surface area (Å²) in [5.41, 5.74) is 2.85. The van der Waals surface area contributed by atoms with E-state index < -0.39 is 5.82 Å². The maximum absolute atomic E-state index is 13.6. The largest absolute Gasteiger partial charge is 0.475 e. The van der Waals surface area contributed by atoms with Gasteiger partial charge in [-0.05, 0) is 38.0 Å². The van der Waals surface area contributed by atoms with Gasteiger partial charge in [-0.3, -0.25) is 4.98 Å². The van der Waals surface area contributed by atoms with Crippen molar-refractivity contribution in [2.24, 2.45) is 0 Å². The molecule has 7 heteroatoms. The first kappa shape index (κ1) is 18.9. The average Bonchev–Trinajstić information content (AvgIpc) is 3.11. The van der Waals surface area contributed by atoms with Gasteiger partial charge < -0.3 is 15.0 Å². The third-order valence-electron chi connectivity index (χ3n) is 4.40. The van der Waals surface area contributed by atoms with Gasteiger partial charge >= 0.3 is 0 Å². The van der Waals surface area contributed by atoms with Gasteiger partial charge in [0.25, 0.3) is 0 Å². The molecule has 4 rings (SSSR count). The number of rotatable bonds is 7. The molecule has 0 fully saturated rings. The summed E-state index contributed by atoms with van der Waals surface area (Å²) in [7, 11) is 0. The lowest BCUT2D eigenvalue weighted by Gasteiger charge is -2.13. The minimum atomic E-state index is -0.435. The quantitative estimate of drug-likeness (QED) is 0.481. The molecule has 4 aromatic rings. The van der Waals surface area contributed by atoms with Crippen molar-refractivity contribution < 1.29 is 9.13 Å². The molecule has 0 aliphatic carbocycles. The van der Waals surface area contributed by atoms with Crippen molar-refractivity contribution in [3.63, 3.8) is 0 Å². The van der Waals surface area contributed by atoms with Crippen molar-refractivity contribution in [2.75, 3.05) is 11.9 Å². The Morgan fingerprint density at radius 3 is 2.83 bits per heavy atom. The number of para-hydroxylation sites is 1. The summed E-state index contributed by atoms with van der Waals surface area (Å²) in [6.07, 6.45) is 5.50. The number of anilines is 1. The number of H-pyrrole nitrogens is 1. The van der Waals surface area contributed by atoms with Gasteiger partial charge in [-0.25, -0.2) is 9.37 Å². The van der Waals surface area contributed by atoms with E-state index in [-0.39, 0.29) is 6.10 Å². The lowest BCUT2D eigenvalue weighted by atomic mass is 10.1. The van der Waals surface area contributed by atoms with E-state index in [1.165, 1.54) is 23.2 Å². The number of hydrogen-bond donors (Lipinski definition) is 2. The fourth-order valence-electron chi connectivity index (χ4n) is 3.14. The Kier molecular flexibility index (Phi) is 5.37. The molecule has 29 heavy (non-hydrogen) atoms. The van der Waals surface area contributed by atoms with Gasteiger partial charge in [-0.1, -0.05) is 18.2 Å². The Morgan fingerprint density at radius 2 is 2.00 bits per heavy atom. The van der Waals surface area contributed by atoms with Crippen molar-refractivity contribution in [3.05, 3.63) is 66.4 Å². The van der Waals surface area contributed by atoms with Crippen LogP contribution < -0.4 is 10.1 Å². The number of pyridine rings is 1. The van der Waals surface area contributed by atoms with Crippen LogP contribution in [0.1, 0.15) is 19.4 Å². The predicted octanol–water partition coefficient (Wildman–Crippen LogP) is 4.60. The van der Waals surface area contributed by atoms with E-state index in [9.17, 15) is 4.39 Å². The highest BCUT2D eigenvalue weighted by molar-refractivity contribution is 5.83. The molecule has 0 atom stereocenters. The summed E-state index contributed by atoms with van der Waals surface area (Å²) in [4.78, 5) is 16.1. The number of fused-ring (bicyclic) bond motifs is 1. The third-order valence-corrected chi connectivity index (χ3v) is 4.40. The molecule has 0 unspecified atom stereocenters. The van der Waals surface area contributed by atoms with Crippen LogP contribution in [0.3, 0.4) is 0 Å². The number of aromatic amines is 1. The lowest BCUT2D eigenvalue weighted by Crippen LogP contribution is -2.11. The Morgan fingerprint density at radius 1 is 1.14 bits per heavy atom. The highest BCUT2D eigenvalue weighted by Crippen LogP contribution is 2.23. The monoisotopic (exact) mass is 391 g/mol. The Hall–Kier alpha value is -3.48. The van der Waals surface area contributed by atoms with Crippen molar-refractivity contribution >= 4 is 16.7 Å². The number of nitrogens with one attached hydrogen (secondary N) is 2. The summed E-state index contributed by atoms with van der Waals surface area (Å²) in [6, 6.07) is 11.3. The van der Waals surface area contributed by atoms with Crippen molar-refractivity contribution in [3.8, 4) is 17.3 Å². The van der Waals surface area contributed by atoms with Gasteiger partial charge in [-0.2, -0.15) is 4.98 Å². The minimum absolute atomic E-state index is 0.0394. The molecule has 0 saturated heterocycles. The van der Waals surface area contributed by atoms with E-state index in [0.717, 1.165) is 18.1 Å². The molecule has 2 N–H and O–H groups in total. The summed E-state index contributed by atoms with van der Waals surface area (Å²) in [6.45, 7) is 4.53. The zero-order valence-electron chi connectivity index (χ0n) is 16.3. The van der Waals surface area contributed by atoms with Gasteiger partial charge in [0.1, 0.15) is 11.6 Å². The lowest BCUT2D eigenvalue weighted by molar-refractivity contribution is 0.232. The van der Waals surface area contributed by atoms with E-state index in [1.807, 2.05) is 32.2 Å². The van der Waals surface area contributed by atoms with E-state index in [4.69, 9.17) is 4.74 Å². The van der Waals surface area contributed by atoms with Crippen LogP contribution in [0.4, 0.5) is 10.2 Å². The van der Waals surface area contributed by atoms with Crippen LogP contribution in [0.5, 0.6) is 5.88 Å². The standard InChI is InChI=1S/C22H22FN5O/c1-14(2)29-21-10-20(27-22(28-21)16-9-17(23)13-24-11-16)25-8-7-15-12-26-19-6-4-3-5-18(15)19/h3-6,9-14,26H,7-8H2,1-2H3,(H,25,27,28). The SMILES string of the molecule is CC(C)Oc1cc(NCCc2c[nH]c3ccccc23)nc(-c2cncc(F)c2)n1. The van der Waals surface area contributed by atoms with E-state index in [1.54, 1.807) is 6.07 Å². The molecular weight excluding hydrogens is 369 g/mol. The number of halogens is 1. The summed E-state index contributed by atoms with van der Waals surface area (Å²) >= 11 is 0. The number of aromatic nitrogens is 4. The highest BCUT2D eigenvalue weighted by Gasteiger charge is 2.11. The van der Waals surface area contributed by atoms with Crippen LogP contribution in [0.2, 0.25) is 0 Å². The van der Waals surface area contributed by atoms with Crippen LogP contribution in [0.25, 0.3) is 22.3 Å². The molecular formula is C22H22FN5O. The number of benzene rings is 1. The molecule has 0 aliphatic rings. The van der Waals surface area contributed by atoms with Gasteiger partial charge in [0.2, 0.25) is 5.88 Å². The first-order valence-corrected chi connectivity index (χ1v) is 9.54. The van der Waals surface area contributed by atoms with Crippen LogP contribution in [-0.4, -0.2) is 32.6 Å². The van der Waals surface area contributed by atoms with E-state index in [2.05, 4.69) is 37.4 Å². The maximum atomic E-state index is 13.6. The summed E-state index contributed by atoms with van der Waals surface area (Å²) in [5, 5.41) is 4.54. The van der Waals surface area contributed by atoms with E-state index >= 15 is 0 Å². The first-order valence-electron chi connectivity index (χ1n) is 9.54. The van der Waals surface area contributed by atoms with Crippen LogP contribution in [0, 0.1) is 5.82 Å². The molecule has 0 spiro atoms. The molecule has 0 radical (unpaired) electrons. The van der Waals surface area contributed by atoms with Crippen LogP contribution >= 0.6 is 0 Å². The number of ether oxygens (including phenoxy) is 1. The summed E-state index contributed by atoms with van der Waals surface area (Å²) in [5.74, 6) is 0.985. The fraction of sp³-hybridized carbons (Fsp3) is 0.227. The molecule has 0 bridgehead atoms. The third kappa shape index (κ3) is 4.51. The molecule has 0 aliphatic heterocycles. The second-order valence-electron chi connectivity index (χ2n) is 7.01. The molecule has 3 heterocycles. The number of nitrogens with zero attached hydrogens (tertiary/aromatic N) is 3. The molecule has 148 valence electrons. The zero-order chi connectivity index (χ0) is 20.2. The topological polar surface area (TPSA) is 75.7 Å². The van der Waals surface area contributed by atoms with Gasteiger partial charge in [0.05, 0.1) is 12.3 Å². The van der Waals surface area contributed by atoms with Crippen LogP contribution in [-0.2, 0) is 6.42 Å². The minimum Gasteiger partial charge on any atom is -0.475 e. The maximum Gasteiger partial charge on any atom is 0.219 e. The smallest absolute Gasteiger partial charge is 0.219 e. The van der Waals surface area contributed by atoms with Crippen molar-refractivity contribution in [1.82, 2.24) is 19.9 Å². The Labute approximate surface area is 168 Å². The molecule has 6 nitrogen and oxygen atoms in total. The predicted molar refractivity (Wildman–Crippen MR) is 111 cm³/mol. The molecule has 3 aromatic heterocycles. The van der Waals surface area contributed by atoms with Crippen molar-refractivity contribution in [1.29, 1.82) is 0 Å². The zero-order valence-corrected chi connectivity index (χ0v) is 16.3. The first-order chi connectivity index (χ1) is 14.1. The molecule has 0 saturated carbocycles. The van der Waals surface area contributed by atoms with Gasteiger partial charge in [-0.15, -0.1) is 0 Å². The van der Waals surface area contributed by atoms with Gasteiger partial charge in [0, 0.05) is 41.5 Å².